The molecule has 0 bridgehead atoms. The highest BCUT2D eigenvalue weighted by atomic mass is 28.4. The predicted molar refractivity (Wildman–Crippen MR) is 136 cm³/mol. The molecule has 1 saturated heterocycles. The van der Waals surface area contributed by atoms with Gasteiger partial charge in [0.25, 0.3) is 0 Å². The summed E-state index contributed by atoms with van der Waals surface area (Å²) in [6.07, 6.45) is -0.925. The number of carbonyl (C=O) groups is 1. The summed E-state index contributed by atoms with van der Waals surface area (Å²) in [5.41, 5.74) is -1.50. The van der Waals surface area contributed by atoms with Crippen LogP contribution < -0.4 is 10.2 Å². The van der Waals surface area contributed by atoms with Crippen LogP contribution in [-0.4, -0.2) is 50.9 Å². The van der Waals surface area contributed by atoms with Crippen LogP contribution in [0, 0.1) is 5.82 Å². The van der Waals surface area contributed by atoms with Crippen molar-refractivity contribution in [3.05, 3.63) is 24.0 Å². The lowest BCUT2D eigenvalue weighted by Gasteiger charge is -2.39. The Balaban J connectivity index is 2.18. The van der Waals surface area contributed by atoms with Crippen molar-refractivity contribution < 1.29 is 32.4 Å². The highest BCUT2D eigenvalue weighted by molar-refractivity contribution is 6.74. The summed E-state index contributed by atoms with van der Waals surface area (Å²) in [7, 11) is -3.11. The van der Waals surface area contributed by atoms with E-state index in [0.717, 1.165) is 0 Å². The van der Waals surface area contributed by atoms with E-state index in [2.05, 4.69) is 33.9 Å². The van der Waals surface area contributed by atoms with Crippen molar-refractivity contribution >= 4 is 26.9 Å². The molecule has 0 spiro atoms. The Kier molecular flexibility index (Phi) is 8.10. The molecule has 1 unspecified atom stereocenters. The van der Waals surface area contributed by atoms with Crippen molar-refractivity contribution in [2.24, 2.45) is 0 Å². The van der Waals surface area contributed by atoms with Crippen LogP contribution in [0.4, 0.5) is 4.39 Å². The second-order valence-corrected chi connectivity index (χ2v) is 17.2. The van der Waals surface area contributed by atoms with Crippen LogP contribution in [0.5, 0.6) is 5.75 Å². The fraction of sp³-hybridized carbons (Fsp3) is 0.720. The van der Waals surface area contributed by atoms with Gasteiger partial charge in [-0.2, -0.15) is 0 Å². The second kappa shape index (κ2) is 9.56. The summed E-state index contributed by atoms with van der Waals surface area (Å²) in [5.74, 6) is -0.716. The Morgan fingerprint density at radius 1 is 1.06 bits per heavy atom. The predicted octanol–water partition coefficient (Wildman–Crippen LogP) is 5.24. The molecular formula is C25H42BFO6Si. The highest BCUT2D eigenvalue weighted by Crippen LogP contribution is 2.38. The molecule has 1 aliphatic rings. The van der Waals surface area contributed by atoms with Gasteiger partial charge in [-0.3, -0.25) is 0 Å². The standard InChI is InChI=1S/C25H42BFO6Si/c1-22(2,3)30-21(28)20(31-34(11,12)23(4,5)6)16-29-17-13-14-18(19(27)15-17)26-32-24(7,8)25(9,10)33-26/h13-15,20H,16H2,1-12H3. The van der Waals surface area contributed by atoms with E-state index in [0.29, 0.717) is 5.46 Å². The fourth-order valence-corrected chi connectivity index (χ4v) is 4.21. The molecule has 192 valence electrons. The van der Waals surface area contributed by atoms with Gasteiger partial charge in [0.15, 0.2) is 14.4 Å². The minimum Gasteiger partial charge on any atom is -0.490 e. The lowest BCUT2D eigenvalue weighted by atomic mass is 9.78. The minimum atomic E-state index is -2.30. The SMILES string of the molecule is CC(C)(C)OC(=O)C(COc1ccc(B2OC(C)(C)C(C)(C)O2)c(F)c1)O[Si](C)(C)C(C)(C)C. The number of ether oxygens (including phenoxy) is 2. The zero-order valence-corrected chi connectivity index (χ0v) is 23.9. The number of benzene rings is 1. The van der Waals surface area contributed by atoms with Gasteiger partial charge in [0.1, 0.15) is 23.8 Å². The quantitative estimate of drug-likeness (QED) is 0.380. The molecule has 0 N–H and O–H groups in total. The molecule has 2 rings (SSSR count). The minimum absolute atomic E-state index is 0.0866. The number of esters is 1. The van der Waals surface area contributed by atoms with Crippen LogP contribution in [0.1, 0.15) is 69.2 Å². The first kappa shape index (κ1) is 28.8. The maximum absolute atomic E-state index is 15.0. The monoisotopic (exact) mass is 496 g/mol. The van der Waals surface area contributed by atoms with Gasteiger partial charge in [0, 0.05) is 11.5 Å². The molecule has 1 fully saturated rings. The number of hydrogen-bond acceptors (Lipinski definition) is 6. The van der Waals surface area contributed by atoms with Gasteiger partial charge in [-0.15, -0.1) is 0 Å². The normalized spacial score (nSPS) is 19.1. The maximum atomic E-state index is 15.0. The van der Waals surface area contributed by atoms with Crippen molar-refractivity contribution in [3.8, 4) is 5.75 Å². The van der Waals surface area contributed by atoms with Crippen molar-refractivity contribution in [2.45, 2.75) is 110 Å². The zero-order chi connectivity index (χ0) is 26.3. The van der Waals surface area contributed by atoms with Gasteiger partial charge in [0.05, 0.1) is 11.2 Å². The van der Waals surface area contributed by atoms with E-state index in [-0.39, 0.29) is 17.4 Å². The van der Waals surface area contributed by atoms with E-state index in [1.54, 1.807) is 32.9 Å². The molecule has 1 aromatic rings. The number of carbonyl (C=O) groups excluding carboxylic acids is 1. The molecule has 0 saturated carbocycles. The largest absolute Gasteiger partial charge is 0.497 e. The summed E-state index contributed by atoms with van der Waals surface area (Å²) in [4.78, 5) is 12.9. The summed E-state index contributed by atoms with van der Waals surface area (Å²) in [6.45, 7) is 23.4. The molecule has 0 radical (unpaired) electrons. The topological polar surface area (TPSA) is 63.2 Å². The number of rotatable bonds is 7. The third kappa shape index (κ3) is 6.83. The van der Waals surface area contributed by atoms with Crippen molar-refractivity contribution in [1.29, 1.82) is 0 Å². The first-order valence-corrected chi connectivity index (χ1v) is 14.7. The Labute approximate surface area is 206 Å². The summed E-state index contributed by atoms with van der Waals surface area (Å²) >= 11 is 0. The van der Waals surface area contributed by atoms with E-state index in [1.807, 2.05) is 27.7 Å². The fourth-order valence-electron chi connectivity index (χ4n) is 2.98. The van der Waals surface area contributed by atoms with Crippen LogP contribution >= 0.6 is 0 Å². The number of hydrogen-bond donors (Lipinski definition) is 0. The molecule has 1 heterocycles. The lowest BCUT2D eigenvalue weighted by Crippen LogP contribution is -2.49. The van der Waals surface area contributed by atoms with Gasteiger partial charge in [0.2, 0.25) is 0 Å². The molecule has 6 nitrogen and oxygen atoms in total. The Morgan fingerprint density at radius 3 is 2.03 bits per heavy atom. The molecule has 0 aliphatic carbocycles. The average molecular weight is 497 g/mol. The van der Waals surface area contributed by atoms with Crippen molar-refractivity contribution in [1.82, 2.24) is 0 Å². The Hall–Kier alpha value is -1.42. The van der Waals surface area contributed by atoms with Gasteiger partial charge in [-0.1, -0.05) is 26.8 Å². The van der Waals surface area contributed by atoms with Crippen LogP contribution in [0.2, 0.25) is 18.1 Å². The maximum Gasteiger partial charge on any atom is 0.497 e. The average Bonchev–Trinajstić information content (AvgIpc) is 2.83. The first-order chi connectivity index (χ1) is 15.2. The van der Waals surface area contributed by atoms with Crippen LogP contribution in [0.25, 0.3) is 0 Å². The summed E-state index contributed by atoms with van der Waals surface area (Å²) in [6, 6.07) is 4.50. The second-order valence-electron chi connectivity index (χ2n) is 12.5. The third-order valence-electron chi connectivity index (χ3n) is 6.79. The molecule has 9 heteroatoms. The molecule has 1 aliphatic heterocycles. The Bertz CT molecular complexity index is 872. The summed E-state index contributed by atoms with van der Waals surface area (Å²) < 4.78 is 44.6. The first-order valence-electron chi connectivity index (χ1n) is 11.8. The molecule has 34 heavy (non-hydrogen) atoms. The van der Waals surface area contributed by atoms with Crippen LogP contribution in [0.3, 0.4) is 0 Å². The van der Waals surface area contributed by atoms with Crippen LogP contribution in [-0.2, 0) is 23.3 Å². The van der Waals surface area contributed by atoms with E-state index in [1.165, 1.54) is 6.07 Å². The molecule has 0 aromatic heterocycles. The lowest BCUT2D eigenvalue weighted by molar-refractivity contribution is -0.165. The van der Waals surface area contributed by atoms with Crippen LogP contribution in [0.15, 0.2) is 18.2 Å². The van der Waals surface area contributed by atoms with E-state index in [9.17, 15) is 9.18 Å². The molecule has 1 aromatic carbocycles. The number of halogens is 1. The van der Waals surface area contributed by atoms with Gasteiger partial charge >= 0.3 is 13.1 Å². The highest BCUT2D eigenvalue weighted by Gasteiger charge is 2.52. The van der Waals surface area contributed by atoms with E-state index < -0.39 is 50.1 Å². The zero-order valence-electron chi connectivity index (χ0n) is 22.9. The van der Waals surface area contributed by atoms with Crippen molar-refractivity contribution in [2.75, 3.05) is 6.61 Å². The van der Waals surface area contributed by atoms with Gasteiger partial charge in [-0.05, 0) is 72.7 Å². The molecule has 0 amide bonds. The van der Waals surface area contributed by atoms with Crippen molar-refractivity contribution in [3.63, 3.8) is 0 Å². The summed E-state index contributed by atoms with van der Waals surface area (Å²) in [5, 5.41) is -0.107. The smallest absolute Gasteiger partial charge is 0.490 e. The molecular weight excluding hydrogens is 454 g/mol. The molecule has 1 atom stereocenters. The Morgan fingerprint density at radius 2 is 1.59 bits per heavy atom. The van der Waals surface area contributed by atoms with E-state index in [4.69, 9.17) is 23.2 Å². The van der Waals surface area contributed by atoms with Gasteiger partial charge in [-0.25, -0.2) is 9.18 Å². The third-order valence-corrected chi connectivity index (χ3v) is 11.3. The van der Waals surface area contributed by atoms with Gasteiger partial charge < -0.3 is 23.2 Å². The van der Waals surface area contributed by atoms with E-state index >= 15 is 0 Å².